The molecule has 2 aromatic carbocycles. The van der Waals surface area contributed by atoms with Crippen LogP contribution in [0, 0.1) is 0 Å². The number of hydrogen-bond donors (Lipinski definition) is 3. The second kappa shape index (κ2) is 8.91. The van der Waals surface area contributed by atoms with Gasteiger partial charge in [-0.3, -0.25) is 19.7 Å². The third-order valence-electron chi connectivity index (χ3n) is 5.23. The van der Waals surface area contributed by atoms with Gasteiger partial charge in [0.25, 0.3) is 5.56 Å². The van der Waals surface area contributed by atoms with Gasteiger partial charge in [0.05, 0.1) is 11.6 Å². The van der Waals surface area contributed by atoms with Gasteiger partial charge in [0.1, 0.15) is 18.2 Å². The Bertz CT molecular complexity index is 1180. The molecular weight excluding hydrogens is 396 g/mol. The number of hydrogen-bond acceptors (Lipinski definition) is 4. The maximum absolute atomic E-state index is 12.6. The number of aromatic amines is 1. The van der Waals surface area contributed by atoms with Crippen LogP contribution in [-0.4, -0.2) is 15.6 Å². The van der Waals surface area contributed by atoms with Crippen LogP contribution in [0.25, 0.3) is 0 Å². The molecule has 3 aromatic rings. The molecule has 0 aliphatic carbocycles. The van der Waals surface area contributed by atoms with Crippen molar-refractivity contribution in [2.24, 2.45) is 0 Å². The Labute approximate surface area is 178 Å². The molecular formula is C23H24N4O4. The van der Waals surface area contributed by atoms with Gasteiger partial charge in [-0.2, -0.15) is 0 Å². The lowest BCUT2D eigenvalue weighted by atomic mass is 9.98. The molecule has 1 aliphatic heterocycles. The average molecular weight is 420 g/mol. The molecule has 0 saturated heterocycles. The number of urea groups is 1. The van der Waals surface area contributed by atoms with Gasteiger partial charge in [0.2, 0.25) is 0 Å². The van der Waals surface area contributed by atoms with Crippen LogP contribution >= 0.6 is 0 Å². The van der Waals surface area contributed by atoms with Gasteiger partial charge in [-0.25, -0.2) is 9.59 Å². The SMILES string of the molecule is CCCCn1c2c(c(=O)[nH]c1=O)C(c1ccc(OCc3ccccc3)cc1)NC(=O)N2. The molecule has 1 atom stereocenters. The summed E-state index contributed by atoms with van der Waals surface area (Å²) in [5.74, 6) is 0.926. The summed E-state index contributed by atoms with van der Waals surface area (Å²) in [4.78, 5) is 39.6. The highest BCUT2D eigenvalue weighted by Gasteiger charge is 2.31. The molecule has 1 aromatic heterocycles. The number of fused-ring (bicyclic) bond motifs is 1. The topological polar surface area (TPSA) is 105 Å². The summed E-state index contributed by atoms with van der Waals surface area (Å²) in [5.41, 5.74) is 1.04. The Morgan fingerprint density at radius 1 is 1.00 bits per heavy atom. The van der Waals surface area contributed by atoms with Crippen molar-refractivity contribution in [3.8, 4) is 5.75 Å². The van der Waals surface area contributed by atoms with Gasteiger partial charge in [-0.05, 0) is 29.7 Å². The molecule has 8 heteroatoms. The van der Waals surface area contributed by atoms with Crippen LogP contribution in [0.2, 0.25) is 0 Å². The lowest BCUT2D eigenvalue weighted by Gasteiger charge is -2.28. The molecule has 3 N–H and O–H groups in total. The van der Waals surface area contributed by atoms with Crippen molar-refractivity contribution in [1.29, 1.82) is 0 Å². The molecule has 0 radical (unpaired) electrons. The van der Waals surface area contributed by atoms with E-state index >= 15 is 0 Å². The van der Waals surface area contributed by atoms with E-state index in [-0.39, 0.29) is 5.82 Å². The zero-order valence-electron chi connectivity index (χ0n) is 17.2. The fraction of sp³-hybridized carbons (Fsp3) is 0.261. The van der Waals surface area contributed by atoms with Gasteiger partial charge in [0.15, 0.2) is 0 Å². The standard InChI is InChI=1S/C23H24N4O4/c1-2-3-13-27-20-18(21(28)26-23(27)30)19(24-22(29)25-20)16-9-11-17(12-10-16)31-14-15-7-5-4-6-8-15/h4-12,19H,2-3,13-14H2,1H3,(H2,24,25,29)(H,26,28,30). The maximum Gasteiger partial charge on any atom is 0.329 e. The van der Waals surface area contributed by atoms with Crippen LogP contribution in [0.3, 0.4) is 0 Å². The highest BCUT2D eigenvalue weighted by Crippen LogP contribution is 2.29. The summed E-state index contributed by atoms with van der Waals surface area (Å²) in [7, 11) is 0. The van der Waals surface area contributed by atoms with E-state index in [4.69, 9.17) is 4.74 Å². The average Bonchev–Trinajstić information content (AvgIpc) is 2.78. The molecule has 0 saturated carbocycles. The minimum atomic E-state index is -0.677. The lowest BCUT2D eigenvalue weighted by molar-refractivity contribution is 0.248. The van der Waals surface area contributed by atoms with Crippen molar-refractivity contribution in [1.82, 2.24) is 14.9 Å². The summed E-state index contributed by atoms with van der Waals surface area (Å²) in [6.07, 6.45) is 1.63. The minimum absolute atomic E-state index is 0.250. The van der Waals surface area contributed by atoms with E-state index < -0.39 is 23.3 Å². The number of rotatable bonds is 7. The number of nitrogens with zero attached hydrogens (tertiary/aromatic N) is 1. The van der Waals surface area contributed by atoms with Crippen molar-refractivity contribution >= 4 is 11.8 Å². The van der Waals surface area contributed by atoms with Gasteiger partial charge in [0, 0.05) is 6.54 Å². The summed E-state index contributed by atoms with van der Waals surface area (Å²) in [6, 6.07) is 15.9. The second-order valence-electron chi connectivity index (χ2n) is 7.40. The van der Waals surface area contributed by atoms with Crippen LogP contribution in [0.5, 0.6) is 5.75 Å². The van der Waals surface area contributed by atoms with Crippen LogP contribution in [-0.2, 0) is 13.2 Å². The van der Waals surface area contributed by atoms with E-state index in [1.807, 2.05) is 37.3 Å². The summed E-state index contributed by atoms with van der Waals surface area (Å²) in [6.45, 7) is 2.86. The molecule has 0 bridgehead atoms. The Balaban J connectivity index is 1.63. The Hall–Kier alpha value is -3.81. The number of ether oxygens (including phenoxy) is 1. The molecule has 31 heavy (non-hydrogen) atoms. The van der Waals surface area contributed by atoms with E-state index in [0.717, 1.165) is 18.4 Å². The first-order valence-corrected chi connectivity index (χ1v) is 10.3. The predicted molar refractivity (Wildman–Crippen MR) is 117 cm³/mol. The molecule has 2 amide bonds. The Kier molecular flexibility index (Phi) is 5.88. The van der Waals surface area contributed by atoms with E-state index in [1.54, 1.807) is 24.3 Å². The summed E-state index contributed by atoms with van der Waals surface area (Å²) >= 11 is 0. The highest BCUT2D eigenvalue weighted by molar-refractivity contribution is 5.92. The number of amides is 2. The van der Waals surface area contributed by atoms with Crippen LogP contribution in [0.1, 0.15) is 42.5 Å². The first kappa shape index (κ1) is 20.5. The highest BCUT2D eigenvalue weighted by atomic mass is 16.5. The molecule has 8 nitrogen and oxygen atoms in total. The Morgan fingerprint density at radius 3 is 2.45 bits per heavy atom. The van der Waals surface area contributed by atoms with Crippen molar-refractivity contribution in [3.05, 3.63) is 92.1 Å². The number of anilines is 1. The number of benzene rings is 2. The van der Waals surface area contributed by atoms with E-state index in [2.05, 4.69) is 15.6 Å². The fourth-order valence-electron chi connectivity index (χ4n) is 3.61. The van der Waals surface area contributed by atoms with Crippen LogP contribution in [0.4, 0.5) is 10.6 Å². The number of carbonyl (C=O) groups excluding carboxylic acids is 1. The van der Waals surface area contributed by atoms with Crippen LogP contribution in [0.15, 0.2) is 64.2 Å². The van der Waals surface area contributed by atoms with Crippen LogP contribution < -0.4 is 26.6 Å². The maximum atomic E-state index is 12.6. The predicted octanol–water partition coefficient (Wildman–Crippen LogP) is 3.14. The van der Waals surface area contributed by atoms with Gasteiger partial charge >= 0.3 is 11.7 Å². The lowest BCUT2D eigenvalue weighted by Crippen LogP contribution is -2.46. The molecule has 0 spiro atoms. The summed E-state index contributed by atoms with van der Waals surface area (Å²) in [5, 5.41) is 5.42. The van der Waals surface area contributed by atoms with Gasteiger partial charge in [-0.15, -0.1) is 0 Å². The smallest absolute Gasteiger partial charge is 0.329 e. The number of unbranched alkanes of at least 4 members (excludes halogenated alkanes) is 1. The van der Waals surface area contributed by atoms with Gasteiger partial charge in [-0.1, -0.05) is 55.8 Å². The van der Waals surface area contributed by atoms with E-state index in [1.165, 1.54) is 4.57 Å². The molecule has 1 unspecified atom stereocenters. The first-order valence-electron chi connectivity index (χ1n) is 10.3. The van der Waals surface area contributed by atoms with Crippen molar-refractivity contribution < 1.29 is 9.53 Å². The molecule has 1 aliphatic rings. The van der Waals surface area contributed by atoms with E-state index in [9.17, 15) is 14.4 Å². The minimum Gasteiger partial charge on any atom is -0.489 e. The van der Waals surface area contributed by atoms with Crippen molar-refractivity contribution in [3.63, 3.8) is 0 Å². The number of aromatic nitrogens is 2. The van der Waals surface area contributed by atoms with Gasteiger partial charge < -0.3 is 10.1 Å². The zero-order chi connectivity index (χ0) is 21.8. The summed E-state index contributed by atoms with van der Waals surface area (Å²) < 4.78 is 7.23. The number of carbonyl (C=O) groups is 1. The second-order valence-corrected chi connectivity index (χ2v) is 7.40. The fourth-order valence-corrected chi connectivity index (χ4v) is 3.61. The van der Waals surface area contributed by atoms with Crippen molar-refractivity contribution in [2.75, 3.05) is 5.32 Å². The molecule has 2 heterocycles. The number of H-pyrrole nitrogens is 1. The zero-order valence-corrected chi connectivity index (χ0v) is 17.2. The third-order valence-corrected chi connectivity index (χ3v) is 5.23. The molecule has 0 fully saturated rings. The molecule has 4 rings (SSSR count). The molecule has 160 valence electrons. The monoisotopic (exact) mass is 420 g/mol. The quantitative estimate of drug-likeness (QED) is 0.546. The largest absolute Gasteiger partial charge is 0.489 e. The third kappa shape index (κ3) is 4.37. The first-order chi connectivity index (χ1) is 15.1. The van der Waals surface area contributed by atoms with E-state index in [0.29, 0.717) is 30.0 Å². The number of nitrogens with one attached hydrogen (secondary N) is 3. The Morgan fingerprint density at radius 2 is 1.74 bits per heavy atom. The normalized spacial score (nSPS) is 15.0. The van der Waals surface area contributed by atoms with Crippen molar-refractivity contribution in [2.45, 2.75) is 39.0 Å².